The van der Waals surface area contributed by atoms with Crippen molar-refractivity contribution in [3.05, 3.63) is 40.0 Å². The molecule has 162 valence electrons. The van der Waals surface area contributed by atoms with Crippen LogP contribution in [-0.4, -0.2) is 54.8 Å². The van der Waals surface area contributed by atoms with E-state index in [2.05, 4.69) is 9.84 Å². The molecule has 0 radical (unpaired) electrons. The van der Waals surface area contributed by atoms with Gasteiger partial charge in [0, 0.05) is 11.6 Å². The summed E-state index contributed by atoms with van der Waals surface area (Å²) in [5.74, 6) is -2.38. The van der Waals surface area contributed by atoms with Crippen LogP contribution in [0.5, 0.6) is 11.5 Å². The number of carbonyl (C=O) groups is 3. The van der Waals surface area contributed by atoms with Gasteiger partial charge in [-0.2, -0.15) is 10.1 Å². The molecular weight excluding hydrogens is 410 g/mol. The predicted octanol–water partition coefficient (Wildman–Crippen LogP) is 1.30. The fourth-order valence-corrected chi connectivity index (χ4v) is 4.43. The highest BCUT2D eigenvalue weighted by Crippen LogP contribution is 2.52. The van der Waals surface area contributed by atoms with Gasteiger partial charge in [0.15, 0.2) is 12.4 Å². The van der Waals surface area contributed by atoms with E-state index in [1.165, 1.54) is 19.4 Å². The second kappa shape index (κ2) is 7.82. The number of nitrogens with zero attached hydrogens (tertiary/aromatic N) is 3. The van der Waals surface area contributed by atoms with Gasteiger partial charge in [0.1, 0.15) is 0 Å². The number of nitro groups is 1. The Morgan fingerprint density at radius 2 is 1.87 bits per heavy atom. The van der Waals surface area contributed by atoms with Crippen molar-refractivity contribution in [2.24, 2.45) is 28.8 Å². The minimum atomic E-state index is -0.720. The number of amides is 2. The Labute approximate surface area is 176 Å². The molecule has 1 saturated carbocycles. The van der Waals surface area contributed by atoms with E-state index in [9.17, 15) is 24.5 Å². The number of esters is 1. The molecule has 11 nitrogen and oxygen atoms in total. The fraction of sp³-hybridized carbons (Fsp3) is 0.400. The number of fused-ring (bicyclic) bond motifs is 5. The molecule has 0 aromatic heterocycles. The number of carbonyl (C=O) groups excluding carboxylic acids is 3. The van der Waals surface area contributed by atoms with Crippen LogP contribution in [0.25, 0.3) is 0 Å². The normalized spacial score (nSPS) is 25.9. The lowest BCUT2D eigenvalue weighted by Crippen LogP contribution is -2.28. The first kappa shape index (κ1) is 20.5. The van der Waals surface area contributed by atoms with Gasteiger partial charge in [-0.25, -0.2) is 4.79 Å². The average molecular weight is 429 g/mol. The van der Waals surface area contributed by atoms with Crippen LogP contribution in [0.1, 0.15) is 12.0 Å². The highest BCUT2D eigenvalue weighted by atomic mass is 16.6. The molecule has 4 rings (SSSR count). The first-order valence-electron chi connectivity index (χ1n) is 9.51. The van der Waals surface area contributed by atoms with Gasteiger partial charge in [0.25, 0.3) is 11.8 Å². The summed E-state index contributed by atoms with van der Waals surface area (Å²) in [6, 6.07) is 2.54. The van der Waals surface area contributed by atoms with Crippen LogP contribution in [0.15, 0.2) is 29.4 Å². The quantitative estimate of drug-likeness (QED) is 0.158. The smallest absolute Gasteiger partial charge is 0.343 e. The van der Waals surface area contributed by atoms with Gasteiger partial charge in [-0.05, 0) is 24.3 Å². The lowest BCUT2D eigenvalue weighted by atomic mass is 9.85. The van der Waals surface area contributed by atoms with Crippen molar-refractivity contribution in [2.45, 2.75) is 6.42 Å². The minimum Gasteiger partial charge on any atom is -0.493 e. The van der Waals surface area contributed by atoms with E-state index in [0.29, 0.717) is 0 Å². The van der Waals surface area contributed by atoms with Gasteiger partial charge < -0.3 is 14.2 Å². The third kappa shape index (κ3) is 3.41. The van der Waals surface area contributed by atoms with Gasteiger partial charge >= 0.3 is 11.7 Å². The summed E-state index contributed by atoms with van der Waals surface area (Å²) in [4.78, 5) is 47.5. The van der Waals surface area contributed by atoms with Crippen molar-refractivity contribution in [3.8, 4) is 11.5 Å². The standard InChI is InChI=1S/C20H19N3O8/c1-29-14-6-10(5-13(23(27)28)18(14)31-9-15(24)30-2)8-21-22-19(25)16-11-3-4-12(7-11)17(16)20(22)26/h3-6,8,11-12,16-17H,7,9H2,1-2H3/t11-,12-,16-,17+/m0/s1. The molecule has 1 saturated heterocycles. The Balaban J connectivity index is 1.60. The highest BCUT2D eigenvalue weighted by Gasteiger charge is 2.59. The number of hydrazone groups is 1. The summed E-state index contributed by atoms with van der Waals surface area (Å²) in [6.45, 7) is -0.545. The first-order valence-corrected chi connectivity index (χ1v) is 9.51. The number of hydrogen-bond donors (Lipinski definition) is 0. The largest absolute Gasteiger partial charge is 0.493 e. The Hall–Kier alpha value is -3.76. The summed E-state index contributed by atoms with van der Waals surface area (Å²) >= 11 is 0. The topological polar surface area (TPSA) is 138 Å². The van der Waals surface area contributed by atoms with Crippen molar-refractivity contribution in [2.75, 3.05) is 20.8 Å². The van der Waals surface area contributed by atoms with E-state index in [-0.39, 0.29) is 40.7 Å². The maximum atomic E-state index is 12.7. The summed E-state index contributed by atoms with van der Waals surface area (Å²) in [5, 5.41) is 16.4. The molecule has 2 aliphatic carbocycles. The Morgan fingerprint density at radius 1 is 1.23 bits per heavy atom. The lowest BCUT2D eigenvalue weighted by molar-refractivity contribution is -0.385. The van der Waals surface area contributed by atoms with Crippen LogP contribution in [0.2, 0.25) is 0 Å². The van der Waals surface area contributed by atoms with Crippen LogP contribution in [0.4, 0.5) is 5.69 Å². The number of methoxy groups -OCH3 is 2. The van der Waals surface area contributed by atoms with Crippen molar-refractivity contribution in [3.63, 3.8) is 0 Å². The van der Waals surface area contributed by atoms with Gasteiger partial charge in [-0.1, -0.05) is 12.2 Å². The molecule has 1 aromatic rings. The number of allylic oxidation sites excluding steroid dienone is 2. The predicted molar refractivity (Wildman–Crippen MR) is 104 cm³/mol. The van der Waals surface area contributed by atoms with Gasteiger partial charge in [-0.3, -0.25) is 19.7 Å². The molecule has 1 aliphatic heterocycles. The molecule has 3 aliphatic rings. The third-order valence-electron chi connectivity index (χ3n) is 5.81. The number of hydrogen-bond acceptors (Lipinski definition) is 9. The molecule has 11 heteroatoms. The zero-order valence-corrected chi connectivity index (χ0v) is 16.7. The molecule has 0 spiro atoms. The third-order valence-corrected chi connectivity index (χ3v) is 5.81. The Kier molecular flexibility index (Phi) is 5.17. The molecule has 2 amide bonds. The van der Waals surface area contributed by atoms with E-state index in [4.69, 9.17) is 9.47 Å². The molecule has 2 bridgehead atoms. The number of benzene rings is 1. The molecule has 31 heavy (non-hydrogen) atoms. The molecule has 4 atom stereocenters. The molecule has 2 fully saturated rings. The zero-order valence-electron chi connectivity index (χ0n) is 16.7. The average Bonchev–Trinajstić information content (AvgIpc) is 3.44. The highest BCUT2D eigenvalue weighted by molar-refractivity contribution is 6.06. The Bertz CT molecular complexity index is 1000. The first-order chi connectivity index (χ1) is 14.8. The number of rotatable bonds is 7. The lowest BCUT2D eigenvalue weighted by Gasteiger charge is -2.13. The summed E-state index contributed by atoms with van der Waals surface area (Å²) in [6.07, 6.45) is 5.95. The van der Waals surface area contributed by atoms with Gasteiger partial charge in [-0.15, -0.1) is 0 Å². The van der Waals surface area contributed by atoms with Crippen LogP contribution < -0.4 is 9.47 Å². The molecular formula is C20H19N3O8. The second-order valence-corrected chi connectivity index (χ2v) is 7.43. The van der Waals surface area contributed by atoms with Crippen molar-refractivity contribution < 1.29 is 33.5 Å². The fourth-order valence-electron chi connectivity index (χ4n) is 4.43. The molecule has 0 N–H and O–H groups in total. The number of nitro benzene ring substituents is 1. The van der Waals surface area contributed by atoms with E-state index in [0.717, 1.165) is 24.6 Å². The van der Waals surface area contributed by atoms with Crippen molar-refractivity contribution in [1.82, 2.24) is 5.01 Å². The minimum absolute atomic E-state index is 0.0160. The van der Waals surface area contributed by atoms with Crippen molar-refractivity contribution in [1.29, 1.82) is 0 Å². The monoisotopic (exact) mass is 429 g/mol. The van der Waals surface area contributed by atoms with E-state index < -0.39 is 35.0 Å². The SMILES string of the molecule is COC(=O)COc1c(OC)cc(C=NN2C(=O)[C@@H]3[C@H](C2=O)[C@H]2C=C[C@H]3C2)cc1[N+](=O)[O-]. The van der Waals surface area contributed by atoms with Crippen LogP contribution in [0, 0.1) is 33.8 Å². The van der Waals surface area contributed by atoms with E-state index in [1.807, 2.05) is 12.2 Å². The molecule has 1 aromatic carbocycles. The zero-order chi connectivity index (χ0) is 22.3. The Morgan fingerprint density at radius 3 is 2.42 bits per heavy atom. The molecule has 0 unspecified atom stereocenters. The second-order valence-electron chi connectivity index (χ2n) is 7.43. The van der Waals surface area contributed by atoms with Crippen molar-refractivity contribution >= 4 is 29.7 Å². The molecule has 1 heterocycles. The maximum absolute atomic E-state index is 12.7. The summed E-state index contributed by atoms with van der Waals surface area (Å²) in [5.41, 5.74) is -0.254. The summed E-state index contributed by atoms with van der Waals surface area (Å²) < 4.78 is 14.8. The van der Waals surface area contributed by atoms with Gasteiger partial charge in [0.05, 0.1) is 37.2 Å². The van der Waals surface area contributed by atoms with Crippen LogP contribution >= 0.6 is 0 Å². The summed E-state index contributed by atoms with van der Waals surface area (Å²) in [7, 11) is 2.44. The van der Waals surface area contributed by atoms with Crippen LogP contribution in [-0.2, 0) is 19.1 Å². The number of ether oxygens (including phenoxy) is 3. The van der Waals surface area contributed by atoms with Gasteiger partial charge in [0.2, 0.25) is 5.75 Å². The van der Waals surface area contributed by atoms with Crippen LogP contribution in [0.3, 0.4) is 0 Å². The maximum Gasteiger partial charge on any atom is 0.343 e. The number of imide groups is 1. The van der Waals surface area contributed by atoms with E-state index in [1.54, 1.807) is 0 Å². The van der Waals surface area contributed by atoms with E-state index >= 15 is 0 Å².